The monoisotopic (exact) mass is 216 g/mol. The predicted octanol–water partition coefficient (Wildman–Crippen LogP) is 2.94. The quantitative estimate of drug-likeness (QED) is 0.840. The highest BCUT2D eigenvalue weighted by atomic mass is 14.9. The maximum absolute atomic E-state index is 5.64. The molecule has 0 spiro atoms. The molecule has 2 N–H and O–H groups in total. The molecule has 1 unspecified atom stereocenters. The smallest absolute Gasteiger partial charge is 0.0510 e. The van der Waals surface area contributed by atoms with Crippen LogP contribution < -0.4 is 5.73 Å². The van der Waals surface area contributed by atoms with Crippen LogP contribution in [0, 0.1) is 6.92 Å². The van der Waals surface area contributed by atoms with E-state index in [-0.39, 0.29) is 0 Å². The Balaban J connectivity index is 2.59. The van der Waals surface area contributed by atoms with Crippen molar-refractivity contribution < 1.29 is 0 Å². The van der Waals surface area contributed by atoms with Gasteiger partial charge in [0.2, 0.25) is 0 Å². The van der Waals surface area contributed by atoms with Crippen LogP contribution in [-0.4, -0.2) is 11.1 Å². The van der Waals surface area contributed by atoms with Crippen LogP contribution in [0.5, 0.6) is 0 Å². The SMILES string of the molecule is Cc1cccc2c(C(C)CCN)cn(C)c12. The van der Waals surface area contributed by atoms with Gasteiger partial charge in [-0.05, 0) is 36.9 Å². The van der Waals surface area contributed by atoms with Crippen LogP contribution in [0.2, 0.25) is 0 Å². The fraction of sp³-hybridized carbons (Fsp3) is 0.429. The van der Waals surface area contributed by atoms with Crippen molar-refractivity contribution in [3.05, 3.63) is 35.5 Å². The number of hydrogen-bond donors (Lipinski definition) is 1. The molecule has 0 saturated carbocycles. The number of fused-ring (bicyclic) bond motifs is 1. The van der Waals surface area contributed by atoms with Gasteiger partial charge in [0.1, 0.15) is 0 Å². The van der Waals surface area contributed by atoms with E-state index in [0.717, 1.165) is 13.0 Å². The van der Waals surface area contributed by atoms with Crippen LogP contribution in [-0.2, 0) is 7.05 Å². The van der Waals surface area contributed by atoms with E-state index >= 15 is 0 Å². The van der Waals surface area contributed by atoms with Crippen LogP contribution in [0.1, 0.15) is 30.4 Å². The lowest BCUT2D eigenvalue weighted by Gasteiger charge is -2.08. The zero-order valence-corrected chi connectivity index (χ0v) is 10.3. The molecule has 2 aromatic rings. The van der Waals surface area contributed by atoms with Crippen LogP contribution in [0.4, 0.5) is 0 Å². The molecule has 0 aliphatic carbocycles. The Bertz CT molecular complexity index is 497. The van der Waals surface area contributed by atoms with E-state index in [1.807, 2.05) is 0 Å². The average Bonchev–Trinajstić information content (AvgIpc) is 2.58. The molecule has 0 saturated heterocycles. The second-order valence-electron chi connectivity index (χ2n) is 4.64. The van der Waals surface area contributed by atoms with Crippen molar-refractivity contribution in [2.24, 2.45) is 12.8 Å². The number of rotatable bonds is 3. The summed E-state index contributed by atoms with van der Waals surface area (Å²) in [6.07, 6.45) is 3.30. The first-order valence-corrected chi connectivity index (χ1v) is 5.89. The number of nitrogens with zero attached hydrogens (tertiary/aromatic N) is 1. The largest absolute Gasteiger partial charge is 0.350 e. The van der Waals surface area contributed by atoms with Crippen molar-refractivity contribution >= 4 is 10.9 Å². The molecule has 1 aromatic heterocycles. The molecule has 2 nitrogen and oxygen atoms in total. The van der Waals surface area contributed by atoms with Gasteiger partial charge in [-0.25, -0.2) is 0 Å². The summed E-state index contributed by atoms with van der Waals surface area (Å²) in [6, 6.07) is 6.51. The van der Waals surface area contributed by atoms with E-state index in [9.17, 15) is 0 Å². The van der Waals surface area contributed by atoms with Crippen molar-refractivity contribution in [2.45, 2.75) is 26.2 Å². The number of nitrogens with two attached hydrogens (primary N) is 1. The lowest BCUT2D eigenvalue weighted by molar-refractivity contribution is 0.692. The third kappa shape index (κ3) is 1.74. The van der Waals surface area contributed by atoms with Crippen molar-refractivity contribution in [1.29, 1.82) is 0 Å². The van der Waals surface area contributed by atoms with E-state index in [4.69, 9.17) is 5.73 Å². The van der Waals surface area contributed by atoms with Gasteiger partial charge in [0.05, 0.1) is 5.52 Å². The lowest BCUT2D eigenvalue weighted by atomic mass is 9.97. The fourth-order valence-corrected chi connectivity index (χ4v) is 2.50. The molecule has 1 atom stereocenters. The van der Waals surface area contributed by atoms with Crippen molar-refractivity contribution in [3.63, 3.8) is 0 Å². The average molecular weight is 216 g/mol. The van der Waals surface area contributed by atoms with E-state index in [2.05, 4.69) is 49.9 Å². The summed E-state index contributed by atoms with van der Waals surface area (Å²) in [5.41, 5.74) is 9.75. The summed E-state index contributed by atoms with van der Waals surface area (Å²) in [7, 11) is 2.12. The highest BCUT2D eigenvalue weighted by Gasteiger charge is 2.13. The van der Waals surface area contributed by atoms with Crippen LogP contribution in [0.15, 0.2) is 24.4 Å². The summed E-state index contributed by atoms with van der Waals surface area (Å²) in [5.74, 6) is 0.537. The first kappa shape index (κ1) is 11.2. The zero-order chi connectivity index (χ0) is 11.7. The van der Waals surface area contributed by atoms with Gasteiger partial charge < -0.3 is 10.3 Å². The van der Waals surface area contributed by atoms with Crippen molar-refractivity contribution in [2.75, 3.05) is 6.54 Å². The molecule has 0 amide bonds. The molecule has 16 heavy (non-hydrogen) atoms. The number of hydrogen-bond acceptors (Lipinski definition) is 1. The summed E-state index contributed by atoms with van der Waals surface area (Å²) in [4.78, 5) is 0. The predicted molar refractivity (Wildman–Crippen MR) is 69.7 cm³/mol. The van der Waals surface area contributed by atoms with E-state index in [0.29, 0.717) is 5.92 Å². The molecule has 1 aromatic carbocycles. The van der Waals surface area contributed by atoms with Gasteiger partial charge in [-0.15, -0.1) is 0 Å². The second-order valence-corrected chi connectivity index (χ2v) is 4.64. The summed E-state index contributed by atoms with van der Waals surface area (Å²) >= 11 is 0. The Labute approximate surface area is 97.1 Å². The van der Waals surface area contributed by atoms with Crippen molar-refractivity contribution in [1.82, 2.24) is 4.57 Å². The zero-order valence-electron chi connectivity index (χ0n) is 10.3. The molecular weight excluding hydrogens is 196 g/mol. The molecule has 0 aliphatic heterocycles. The van der Waals surface area contributed by atoms with Crippen LogP contribution in [0.3, 0.4) is 0 Å². The maximum Gasteiger partial charge on any atom is 0.0510 e. The topological polar surface area (TPSA) is 30.9 Å². The van der Waals surface area contributed by atoms with E-state index < -0.39 is 0 Å². The highest BCUT2D eigenvalue weighted by molar-refractivity contribution is 5.87. The number of benzene rings is 1. The maximum atomic E-state index is 5.64. The summed E-state index contributed by atoms with van der Waals surface area (Å²) < 4.78 is 2.23. The van der Waals surface area contributed by atoms with E-state index in [1.54, 1.807) is 0 Å². The third-order valence-electron chi connectivity index (χ3n) is 3.36. The molecule has 0 bridgehead atoms. The second kappa shape index (κ2) is 4.30. The third-order valence-corrected chi connectivity index (χ3v) is 3.36. The Morgan fingerprint density at radius 2 is 2.12 bits per heavy atom. The van der Waals surface area contributed by atoms with Gasteiger partial charge in [0.15, 0.2) is 0 Å². The Morgan fingerprint density at radius 3 is 2.81 bits per heavy atom. The van der Waals surface area contributed by atoms with Gasteiger partial charge in [-0.1, -0.05) is 25.1 Å². The van der Waals surface area contributed by atoms with Gasteiger partial charge in [0.25, 0.3) is 0 Å². The Morgan fingerprint density at radius 1 is 1.38 bits per heavy atom. The first-order chi connectivity index (χ1) is 7.65. The minimum atomic E-state index is 0.537. The minimum absolute atomic E-state index is 0.537. The Hall–Kier alpha value is -1.28. The van der Waals surface area contributed by atoms with Gasteiger partial charge in [-0.2, -0.15) is 0 Å². The first-order valence-electron chi connectivity index (χ1n) is 5.89. The van der Waals surface area contributed by atoms with Gasteiger partial charge in [0, 0.05) is 18.6 Å². The normalized spacial score (nSPS) is 13.2. The van der Waals surface area contributed by atoms with Gasteiger partial charge >= 0.3 is 0 Å². The highest BCUT2D eigenvalue weighted by Crippen LogP contribution is 2.30. The summed E-state index contributed by atoms with van der Waals surface area (Å²) in [6.45, 7) is 5.17. The molecule has 0 radical (unpaired) electrons. The molecular formula is C14H20N2. The van der Waals surface area contributed by atoms with E-state index in [1.165, 1.54) is 22.0 Å². The number of aromatic nitrogens is 1. The summed E-state index contributed by atoms with van der Waals surface area (Å²) in [5, 5.41) is 1.38. The number of aryl methyl sites for hydroxylation is 2. The lowest BCUT2D eigenvalue weighted by Crippen LogP contribution is -2.04. The minimum Gasteiger partial charge on any atom is -0.350 e. The fourth-order valence-electron chi connectivity index (χ4n) is 2.50. The van der Waals surface area contributed by atoms with Crippen LogP contribution in [0.25, 0.3) is 10.9 Å². The molecule has 2 rings (SSSR count). The number of para-hydroxylation sites is 1. The van der Waals surface area contributed by atoms with Crippen LogP contribution >= 0.6 is 0 Å². The standard InChI is InChI=1S/C14H20N2/c1-10(7-8-15)13-9-16(3)14-11(2)5-4-6-12(13)14/h4-6,9-10H,7-8,15H2,1-3H3. The molecule has 86 valence electrons. The molecule has 1 heterocycles. The molecule has 2 heteroatoms. The molecule has 0 fully saturated rings. The van der Waals surface area contributed by atoms with Crippen molar-refractivity contribution in [3.8, 4) is 0 Å². The Kier molecular flexibility index (Phi) is 3.01. The van der Waals surface area contributed by atoms with Gasteiger partial charge in [-0.3, -0.25) is 0 Å². The molecule has 0 aliphatic rings.